The van der Waals surface area contributed by atoms with E-state index < -0.39 is 6.10 Å². The van der Waals surface area contributed by atoms with Gasteiger partial charge in [0.25, 0.3) is 0 Å². The van der Waals surface area contributed by atoms with Crippen molar-refractivity contribution in [3.63, 3.8) is 0 Å². The molecule has 7 heteroatoms. The number of hydrogen-bond donors (Lipinski definition) is 2. The predicted molar refractivity (Wildman–Crippen MR) is 107 cm³/mol. The fraction of sp³-hybridized carbons (Fsp3) is 0.250. The van der Waals surface area contributed by atoms with Crippen molar-refractivity contribution in [2.75, 3.05) is 7.11 Å². The molecule has 1 heterocycles. The molecule has 0 bridgehead atoms. The first-order valence-corrected chi connectivity index (χ1v) is 9.20. The van der Waals surface area contributed by atoms with Gasteiger partial charge in [-0.05, 0) is 48.3 Å². The number of nitrogens with zero attached hydrogens (tertiary/aromatic N) is 3. The Hall–Kier alpha value is -2.77. The van der Waals surface area contributed by atoms with Gasteiger partial charge in [0, 0.05) is 17.7 Å². The van der Waals surface area contributed by atoms with E-state index in [1.54, 1.807) is 18.0 Å². The molecule has 2 N–H and O–H groups in total. The number of aromatic nitrogens is 3. The number of methoxy groups -OCH3 is 1. The molecule has 0 amide bonds. The molecule has 0 saturated heterocycles. The minimum atomic E-state index is -0.468. The third-order valence-electron chi connectivity index (χ3n) is 4.86. The Morgan fingerprint density at radius 2 is 2.15 bits per heavy atom. The van der Waals surface area contributed by atoms with Crippen molar-refractivity contribution in [1.82, 2.24) is 14.9 Å². The van der Waals surface area contributed by atoms with E-state index in [1.807, 2.05) is 42.5 Å². The molecule has 27 heavy (non-hydrogen) atoms. The van der Waals surface area contributed by atoms with Crippen LogP contribution in [-0.2, 0) is 6.42 Å². The van der Waals surface area contributed by atoms with E-state index in [0.29, 0.717) is 17.0 Å². The van der Waals surface area contributed by atoms with Gasteiger partial charge < -0.3 is 9.84 Å². The highest BCUT2D eigenvalue weighted by Crippen LogP contribution is 2.31. The van der Waals surface area contributed by atoms with Gasteiger partial charge in [-0.2, -0.15) is 14.9 Å². The van der Waals surface area contributed by atoms with Crippen molar-refractivity contribution in [3.05, 3.63) is 64.4 Å². The van der Waals surface area contributed by atoms with Crippen molar-refractivity contribution in [3.8, 4) is 17.1 Å². The highest BCUT2D eigenvalue weighted by Gasteiger charge is 2.26. The summed E-state index contributed by atoms with van der Waals surface area (Å²) >= 11 is 5.35. The molecule has 0 saturated carbocycles. The maximum absolute atomic E-state index is 10.5. The smallest absolute Gasteiger partial charge is 0.216 e. The van der Waals surface area contributed by atoms with Crippen LogP contribution < -0.4 is 4.74 Å². The molecular formula is C20H20N4O2S. The number of aliphatic hydroxyl groups is 1. The molecule has 2 aromatic carbocycles. The molecule has 4 rings (SSSR count). The van der Waals surface area contributed by atoms with Crippen LogP contribution in [0.25, 0.3) is 11.4 Å². The van der Waals surface area contributed by atoms with Crippen LogP contribution in [0.2, 0.25) is 0 Å². The Labute approximate surface area is 162 Å². The maximum atomic E-state index is 10.5. The van der Waals surface area contributed by atoms with E-state index in [9.17, 15) is 5.11 Å². The molecule has 0 aliphatic heterocycles. The van der Waals surface area contributed by atoms with E-state index in [-0.39, 0.29) is 5.92 Å². The van der Waals surface area contributed by atoms with Gasteiger partial charge in [0.15, 0.2) is 5.82 Å². The van der Waals surface area contributed by atoms with Gasteiger partial charge in [0.05, 0.1) is 13.2 Å². The lowest BCUT2D eigenvalue weighted by Crippen LogP contribution is -2.26. The van der Waals surface area contributed by atoms with Gasteiger partial charge >= 0.3 is 0 Å². The third-order valence-corrected chi connectivity index (χ3v) is 5.12. The fourth-order valence-electron chi connectivity index (χ4n) is 3.44. The number of rotatable bonds is 4. The van der Waals surface area contributed by atoms with Gasteiger partial charge in [-0.15, -0.1) is 0 Å². The Balaban J connectivity index is 1.71. The quantitative estimate of drug-likeness (QED) is 0.536. The Morgan fingerprint density at radius 1 is 1.30 bits per heavy atom. The summed E-state index contributed by atoms with van der Waals surface area (Å²) in [5.41, 5.74) is 3.20. The van der Waals surface area contributed by atoms with Gasteiger partial charge in [-0.25, -0.2) is 5.10 Å². The summed E-state index contributed by atoms with van der Waals surface area (Å²) in [4.78, 5) is 0. The fourth-order valence-corrected chi connectivity index (χ4v) is 3.62. The van der Waals surface area contributed by atoms with Crippen LogP contribution in [0.1, 0.15) is 23.5 Å². The largest absolute Gasteiger partial charge is 0.497 e. The minimum absolute atomic E-state index is 0.176. The van der Waals surface area contributed by atoms with Crippen molar-refractivity contribution in [1.29, 1.82) is 0 Å². The van der Waals surface area contributed by atoms with Gasteiger partial charge in [0.2, 0.25) is 4.77 Å². The first kappa shape index (κ1) is 17.6. The number of aromatic amines is 1. The normalized spacial score (nSPS) is 19.2. The number of aliphatic hydroxyl groups excluding tert-OH is 1. The molecule has 6 nitrogen and oxygen atoms in total. The Bertz CT molecular complexity index is 1040. The number of benzene rings is 2. The number of ether oxygens (including phenoxy) is 1. The van der Waals surface area contributed by atoms with E-state index in [0.717, 1.165) is 23.3 Å². The molecule has 0 radical (unpaired) electrons. The molecule has 138 valence electrons. The standard InChI is InChI=1S/C20H20N4O2S/c1-26-15-7-4-6-14(11-15)19-22-23-20(27)24(19)21-12-17-16-8-3-2-5-13(16)9-10-18(17)25/h2-8,11-12,17-18,25H,9-10H2,1H3,(H,23,27). The SMILES string of the molecule is COc1cccc(-c2n[nH]c(=S)n2N=CC2c3ccccc3CCC2O)c1. The molecule has 2 atom stereocenters. The minimum Gasteiger partial charge on any atom is -0.497 e. The van der Waals surface area contributed by atoms with Gasteiger partial charge in [-0.3, -0.25) is 0 Å². The molecule has 1 aromatic heterocycles. The van der Waals surface area contributed by atoms with Crippen LogP contribution in [0.4, 0.5) is 0 Å². The maximum Gasteiger partial charge on any atom is 0.216 e. The lowest BCUT2D eigenvalue weighted by molar-refractivity contribution is 0.149. The van der Waals surface area contributed by atoms with Crippen LogP contribution >= 0.6 is 12.2 Å². The summed E-state index contributed by atoms with van der Waals surface area (Å²) < 4.78 is 7.26. The summed E-state index contributed by atoms with van der Waals surface area (Å²) in [5.74, 6) is 1.15. The molecule has 1 aliphatic rings. The van der Waals surface area contributed by atoms with Crippen LogP contribution in [0, 0.1) is 4.77 Å². The Morgan fingerprint density at radius 3 is 3.00 bits per heavy atom. The zero-order valence-electron chi connectivity index (χ0n) is 14.9. The highest BCUT2D eigenvalue weighted by atomic mass is 32.1. The molecular weight excluding hydrogens is 360 g/mol. The summed E-state index contributed by atoms with van der Waals surface area (Å²) in [7, 11) is 1.62. The molecule has 3 aromatic rings. The van der Waals surface area contributed by atoms with Crippen LogP contribution in [0.15, 0.2) is 53.6 Å². The molecule has 2 unspecified atom stereocenters. The summed E-state index contributed by atoms with van der Waals surface area (Å²) in [5, 5.41) is 22.2. The topological polar surface area (TPSA) is 75.4 Å². The third kappa shape index (κ3) is 3.43. The summed E-state index contributed by atoms with van der Waals surface area (Å²) in [6, 6.07) is 15.7. The van der Waals surface area contributed by atoms with E-state index >= 15 is 0 Å². The lowest BCUT2D eigenvalue weighted by Gasteiger charge is -2.27. The molecule has 0 fully saturated rings. The highest BCUT2D eigenvalue weighted by molar-refractivity contribution is 7.71. The molecule has 0 spiro atoms. The van der Waals surface area contributed by atoms with E-state index in [2.05, 4.69) is 21.4 Å². The van der Waals surface area contributed by atoms with Crippen molar-refractivity contribution in [2.45, 2.75) is 24.9 Å². The summed E-state index contributed by atoms with van der Waals surface area (Å²) in [6.45, 7) is 0. The Kier molecular flexibility index (Phi) is 4.87. The second kappa shape index (κ2) is 7.46. The zero-order chi connectivity index (χ0) is 18.8. The van der Waals surface area contributed by atoms with Crippen molar-refractivity contribution in [2.24, 2.45) is 5.10 Å². The monoisotopic (exact) mass is 380 g/mol. The predicted octanol–water partition coefficient (Wildman–Crippen LogP) is 3.54. The van der Waals surface area contributed by atoms with Crippen LogP contribution in [0.5, 0.6) is 5.75 Å². The summed E-state index contributed by atoms with van der Waals surface area (Å²) in [6.07, 6.45) is 2.89. The average molecular weight is 380 g/mol. The average Bonchev–Trinajstić information content (AvgIpc) is 3.08. The van der Waals surface area contributed by atoms with E-state index in [1.165, 1.54) is 5.56 Å². The van der Waals surface area contributed by atoms with Gasteiger partial charge in [-0.1, -0.05) is 36.4 Å². The number of H-pyrrole nitrogens is 1. The second-order valence-corrected chi connectivity index (χ2v) is 6.88. The van der Waals surface area contributed by atoms with Crippen molar-refractivity contribution >= 4 is 18.4 Å². The first-order chi connectivity index (χ1) is 13.2. The number of aryl methyl sites for hydroxylation is 1. The molecule has 1 aliphatic carbocycles. The first-order valence-electron chi connectivity index (χ1n) is 8.79. The van der Waals surface area contributed by atoms with Gasteiger partial charge in [0.1, 0.15) is 5.75 Å². The lowest BCUT2D eigenvalue weighted by atomic mass is 9.81. The van der Waals surface area contributed by atoms with Crippen molar-refractivity contribution < 1.29 is 9.84 Å². The van der Waals surface area contributed by atoms with Crippen LogP contribution in [0.3, 0.4) is 0 Å². The zero-order valence-corrected chi connectivity index (χ0v) is 15.7. The number of nitrogens with one attached hydrogen (secondary N) is 1. The number of fused-ring (bicyclic) bond motifs is 1. The number of hydrogen-bond acceptors (Lipinski definition) is 5. The van der Waals surface area contributed by atoms with Crippen LogP contribution in [-0.4, -0.2) is 39.4 Å². The van der Waals surface area contributed by atoms with E-state index in [4.69, 9.17) is 17.0 Å². The second-order valence-electron chi connectivity index (χ2n) is 6.49.